The number of pyridine rings is 1. The lowest BCUT2D eigenvalue weighted by molar-refractivity contribution is -0.117. The number of allylic oxidation sites excluding steroid dienone is 1. The second-order valence-corrected chi connectivity index (χ2v) is 5.10. The first-order chi connectivity index (χ1) is 10.2. The van der Waals surface area contributed by atoms with Crippen LogP contribution in [0.15, 0.2) is 30.0 Å². The van der Waals surface area contributed by atoms with Gasteiger partial charge in [0.1, 0.15) is 5.82 Å². The highest BCUT2D eigenvalue weighted by atomic mass is 16.5. The van der Waals surface area contributed by atoms with Crippen molar-refractivity contribution in [2.24, 2.45) is 0 Å². The average molecular weight is 289 g/mol. The van der Waals surface area contributed by atoms with Crippen molar-refractivity contribution in [1.82, 2.24) is 10.3 Å². The van der Waals surface area contributed by atoms with Crippen LogP contribution in [0.5, 0.6) is 0 Å². The Bertz CT molecular complexity index is 508. The minimum absolute atomic E-state index is 0.0124. The molecular weight excluding hydrogens is 266 g/mol. The van der Waals surface area contributed by atoms with Gasteiger partial charge in [-0.15, -0.1) is 0 Å². The van der Waals surface area contributed by atoms with Crippen molar-refractivity contribution >= 4 is 11.7 Å². The van der Waals surface area contributed by atoms with Gasteiger partial charge in [0.15, 0.2) is 0 Å². The van der Waals surface area contributed by atoms with Crippen LogP contribution in [0.3, 0.4) is 0 Å². The Morgan fingerprint density at radius 3 is 2.95 bits per heavy atom. The first kappa shape index (κ1) is 15.5. The predicted molar refractivity (Wildman–Crippen MR) is 83.2 cm³/mol. The Morgan fingerprint density at radius 2 is 2.24 bits per heavy atom. The van der Waals surface area contributed by atoms with E-state index in [0.717, 1.165) is 49.7 Å². The molecule has 2 heterocycles. The Kier molecular flexibility index (Phi) is 5.75. The summed E-state index contributed by atoms with van der Waals surface area (Å²) in [4.78, 5) is 18.5. The molecule has 21 heavy (non-hydrogen) atoms. The molecule has 0 aliphatic carbocycles. The van der Waals surface area contributed by atoms with Gasteiger partial charge in [0.05, 0.1) is 13.2 Å². The Balaban J connectivity index is 1.94. The number of aromatic nitrogens is 1. The molecule has 1 aliphatic heterocycles. The van der Waals surface area contributed by atoms with Gasteiger partial charge in [-0.05, 0) is 31.0 Å². The van der Waals surface area contributed by atoms with E-state index in [0.29, 0.717) is 6.54 Å². The molecule has 5 nitrogen and oxygen atoms in total. The van der Waals surface area contributed by atoms with E-state index in [4.69, 9.17) is 4.74 Å². The minimum Gasteiger partial charge on any atom is -0.378 e. The van der Waals surface area contributed by atoms with Crippen molar-refractivity contribution in [3.63, 3.8) is 0 Å². The van der Waals surface area contributed by atoms with Crippen molar-refractivity contribution in [3.05, 3.63) is 35.5 Å². The lowest BCUT2D eigenvalue weighted by Crippen LogP contribution is -2.36. The summed E-state index contributed by atoms with van der Waals surface area (Å²) in [5, 5.41) is 2.94. The summed E-state index contributed by atoms with van der Waals surface area (Å²) in [5.74, 6) is 0.937. The first-order valence-corrected chi connectivity index (χ1v) is 7.43. The van der Waals surface area contributed by atoms with Gasteiger partial charge in [0, 0.05) is 31.4 Å². The predicted octanol–water partition coefficient (Wildman–Crippen LogP) is 1.89. The molecule has 0 radical (unpaired) electrons. The highest BCUT2D eigenvalue weighted by Crippen LogP contribution is 2.14. The number of rotatable bonds is 5. The summed E-state index contributed by atoms with van der Waals surface area (Å²) in [5.41, 5.74) is 1.82. The van der Waals surface area contributed by atoms with Crippen molar-refractivity contribution < 1.29 is 9.53 Å². The number of hydrogen-bond acceptors (Lipinski definition) is 4. The molecule has 0 atom stereocenters. The molecule has 0 saturated carbocycles. The van der Waals surface area contributed by atoms with Gasteiger partial charge >= 0.3 is 0 Å². The number of amides is 1. The number of hydrogen-bond donors (Lipinski definition) is 1. The summed E-state index contributed by atoms with van der Waals surface area (Å²) in [6.45, 7) is 7.59. The summed E-state index contributed by atoms with van der Waals surface area (Å²) < 4.78 is 5.35. The highest BCUT2D eigenvalue weighted by molar-refractivity contribution is 5.92. The van der Waals surface area contributed by atoms with E-state index >= 15 is 0 Å². The molecule has 1 N–H and O–H groups in total. The van der Waals surface area contributed by atoms with Crippen LogP contribution < -0.4 is 10.2 Å². The Labute approximate surface area is 126 Å². The maximum Gasteiger partial charge on any atom is 0.246 e. The number of ether oxygens (including phenoxy) is 1. The zero-order chi connectivity index (χ0) is 15.1. The molecule has 0 bridgehead atoms. The van der Waals surface area contributed by atoms with Crippen molar-refractivity contribution in [2.45, 2.75) is 26.8 Å². The van der Waals surface area contributed by atoms with Crippen molar-refractivity contribution in [3.8, 4) is 0 Å². The number of nitrogens with one attached hydrogen (secondary N) is 1. The van der Waals surface area contributed by atoms with E-state index < -0.39 is 0 Å². The molecule has 0 spiro atoms. The molecule has 1 aliphatic rings. The summed E-state index contributed by atoms with van der Waals surface area (Å²) in [7, 11) is 0. The van der Waals surface area contributed by atoms with Crippen LogP contribution in [-0.4, -0.2) is 37.2 Å². The summed E-state index contributed by atoms with van der Waals surface area (Å²) in [6, 6.07) is 3.97. The molecule has 1 aromatic heterocycles. The maximum atomic E-state index is 11.9. The van der Waals surface area contributed by atoms with Crippen LogP contribution in [-0.2, 0) is 16.1 Å². The smallest absolute Gasteiger partial charge is 0.246 e. The van der Waals surface area contributed by atoms with Crippen LogP contribution in [0, 0.1) is 0 Å². The van der Waals surface area contributed by atoms with Crippen LogP contribution in [0.2, 0.25) is 0 Å². The quantitative estimate of drug-likeness (QED) is 0.841. The second kappa shape index (κ2) is 7.78. The van der Waals surface area contributed by atoms with Crippen LogP contribution in [0.1, 0.15) is 25.8 Å². The topological polar surface area (TPSA) is 54.5 Å². The second-order valence-electron chi connectivity index (χ2n) is 5.10. The lowest BCUT2D eigenvalue weighted by atomic mass is 10.2. The SMILES string of the molecule is CC/C=C(\C)C(=O)NCc1ccnc(N2CCOCC2)c1. The third-order valence-corrected chi connectivity index (χ3v) is 3.47. The zero-order valence-corrected chi connectivity index (χ0v) is 12.8. The van der Waals surface area contributed by atoms with Gasteiger partial charge in [-0.1, -0.05) is 13.0 Å². The monoisotopic (exact) mass is 289 g/mol. The normalized spacial score (nSPS) is 15.9. The van der Waals surface area contributed by atoms with E-state index in [1.54, 1.807) is 6.20 Å². The molecule has 0 unspecified atom stereocenters. The molecule has 1 amide bonds. The van der Waals surface area contributed by atoms with Crippen molar-refractivity contribution in [2.75, 3.05) is 31.2 Å². The molecule has 2 rings (SSSR count). The molecule has 5 heteroatoms. The van der Waals surface area contributed by atoms with Crippen LogP contribution in [0.25, 0.3) is 0 Å². The summed E-state index contributed by atoms with van der Waals surface area (Å²) in [6.07, 6.45) is 4.59. The molecule has 1 saturated heterocycles. The molecule has 114 valence electrons. The Hall–Kier alpha value is -1.88. The number of carbonyl (C=O) groups is 1. The highest BCUT2D eigenvalue weighted by Gasteiger charge is 2.12. The van der Waals surface area contributed by atoms with Crippen LogP contribution in [0.4, 0.5) is 5.82 Å². The third-order valence-electron chi connectivity index (χ3n) is 3.47. The number of nitrogens with zero attached hydrogens (tertiary/aromatic N) is 2. The molecule has 1 fully saturated rings. The van der Waals surface area contributed by atoms with Crippen molar-refractivity contribution in [1.29, 1.82) is 0 Å². The summed E-state index contributed by atoms with van der Waals surface area (Å²) >= 11 is 0. The largest absolute Gasteiger partial charge is 0.378 e. The van der Waals surface area contributed by atoms with E-state index in [1.165, 1.54) is 0 Å². The molecule has 0 aromatic carbocycles. The van der Waals surface area contributed by atoms with E-state index in [1.807, 2.05) is 32.1 Å². The molecular formula is C16H23N3O2. The Morgan fingerprint density at radius 1 is 1.48 bits per heavy atom. The molecule has 1 aromatic rings. The van der Waals surface area contributed by atoms with E-state index in [9.17, 15) is 4.79 Å². The van der Waals surface area contributed by atoms with Gasteiger partial charge < -0.3 is 15.0 Å². The average Bonchev–Trinajstić information content (AvgIpc) is 2.54. The van der Waals surface area contributed by atoms with Gasteiger partial charge in [-0.3, -0.25) is 4.79 Å². The standard InChI is InChI=1S/C16H23N3O2/c1-3-4-13(2)16(20)18-12-14-5-6-17-15(11-14)19-7-9-21-10-8-19/h4-6,11H,3,7-10,12H2,1-2H3,(H,18,20)/b13-4+. The van der Waals surface area contributed by atoms with Crippen LogP contribution >= 0.6 is 0 Å². The fourth-order valence-electron chi connectivity index (χ4n) is 2.26. The fourth-order valence-corrected chi connectivity index (χ4v) is 2.26. The van der Waals surface area contributed by atoms with Gasteiger partial charge in [0.25, 0.3) is 0 Å². The maximum absolute atomic E-state index is 11.9. The van der Waals surface area contributed by atoms with Gasteiger partial charge in [-0.2, -0.15) is 0 Å². The van der Waals surface area contributed by atoms with Gasteiger partial charge in [0.2, 0.25) is 5.91 Å². The number of anilines is 1. The third kappa shape index (κ3) is 4.56. The first-order valence-electron chi connectivity index (χ1n) is 7.43. The van der Waals surface area contributed by atoms with Gasteiger partial charge in [-0.25, -0.2) is 4.98 Å². The lowest BCUT2D eigenvalue weighted by Gasteiger charge is -2.28. The zero-order valence-electron chi connectivity index (χ0n) is 12.8. The minimum atomic E-state index is -0.0124. The van der Waals surface area contributed by atoms with E-state index in [2.05, 4.69) is 15.2 Å². The number of morpholine rings is 1. The number of carbonyl (C=O) groups excluding carboxylic acids is 1. The fraction of sp³-hybridized carbons (Fsp3) is 0.500. The van der Waals surface area contributed by atoms with E-state index in [-0.39, 0.29) is 5.91 Å².